The third-order valence-corrected chi connectivity index (χ3v) is 2.56. The zero-order valence-electron chi connectivity index (χ0n) is 11.0. The first-order valence-corrected chi connectivity index (χ1v) is 6.30. The van der Waals surface area contributed by atoms with Crippen molar-refractivity contribution >= 4 is 11.6 Å². The molecule has 2 aromatic rings. The number of benzene rings is 1. The lowest BCUT2D eigenvalue weighted by molar-refractivity contribution is 0.315. The van der Waals surface area contributed by atoms with Gasteiger partial charge in [0.25, 0.3) is 0 Å². The van der Waals surface area contributed by atoms with Gasteiger partial charge in [0.1, 0.15) is 23.7 Å². The van der Waals surface area contributed by atoms with E-state index >= 15 is 0 Å². The van der Waals surface area contributed by atoms with Crippen molar-refractivity contribution in [3.8, 4) is 5.75 Å². The van der Waals surface area contributed by atoms with Gasteiger partial charge in [-0.1, -0.05) is 18.2 Å². The Morgan fingerprint density at radius 2 is 1.89 bits per heavy atom. The Morgan fingerprint density at radius 3 is 2.68 bits per heavy atom. The SMILES string of the molecule is CNc1cc(NCCCOc2ccccc2)ncn1. The average Bonchev–Trinajstić information content (AvgIpc) is 2.48. The highest BCUT2D eigenvalue weighted by molar-refractivity contribution is 5.45. The van der Waals surface area contributed by atoms with E-state index in [0.29, 0.717) is 6.61 Å². The minimum absolute atomic E-state index is 0.682. The molecule has 1 heterocycles. The summed E-state index contributed by atoms with van der Waals surface area (Å²) in [5.41, 5.74) is 0. The molecule has 0 aliphatic rings. The zero-order valence-corrected chi connectivity index (χ0v) is 11.0. The molecular weight excluding hydrogens is 240 g/mol. The largest absolute Gasteiger partial charge is 0.494 e. The maximum atomic E-state index is 5.60. The fourth-order valence-electron chi connectivity index (χ4n) is 1.59. The van der Waals surface area contributed by atoms with Crippen molar-refractivity contribution in [2.45, 2.75) is 6.42 Å². The molecule has 0 aliphatic carbocycles. The number of hydrogen-bond acceptors (Lipinski definition) is 5. The average molecular weight is 258 g/mol. The van der Waals surface area contributed by atoms with Crippen molar-refractivity contribution in [1.29, 1.82) is 0 Å². The van der Waals surface area contributed by atoms with Gasteiger partial charge >= 0.3 is 0 Å². The Bertz CT molecular complexity index is 490. The van der Waals surface area contributed by atoms with Gasteiger partial charge in [-0.3, -0.25) is 0 Å². The minimum Gasteiger partial charge on any atom is -0.494 e. The second kappa shape index (κ2) is 7.20. The van der Waals surface area contributed by atoms with E-state index in [1.165, 1.54) is 6.33 Å². The first-order valence-electron chi connectivity index (χ1n) is 6.30. The van der Waals surface area contributed by atoms with E-state index in [2.05, 4.69) is 20.6 Å². The molecule has 0 atom stereocenters. The molecule has 2 rings (SSSR count). The Hall–Kier alpha value is -2.30. The van der Waals surface area contributed by atoms with Crippen LogP contribution in [0.3, 0.4) is 0 Å². The first-order chi connectivity index (χ1) is 9.38. The summed E-state index contributed by atoms with van der Waals surface area (Å²) in [6.45, 7) is 1.49. The van der Waals surface area contributed by atoms with E-state index in [1.807, 2.05) is 43.4 Å². The molecule has 0 aliphatic heterocycles. The maximum Gasteiger partial charge on any atom is 0.131 e. The van der Waals surface area contributed by atoms with E-state index in [1.54, 1.807) is 0 Å². The van der Waals surface area contributed by atoms with Gasteiger partial charge < -0.3 is 15.4 Å². The molecule has 0 amide bonds. The Morgan fingerprint density at radius 1 is 1.11 bits per heavy atom. The fourth-order valence-corrected chi connectivity index (χ4v) is 1.59. The summed E-state index contributed by atoms with van der Waals surface area (Å²) in [5.74, 6) is 2.53. The summed E-state index contributed by atoms with van der Waals surface area (Å²) in [4.78, 5) is 8.20. The summed E-state index contributed by atoms with van der Waals surface area (Å²) >= 11 is 0. The van der Waals surface area contributed by atoms with Crippen LogP contribution in [-0.4, -0.2) is 30.2 Å². The number of nitrogens with one attached hydrogen (secondary N) is 2. The van der Waals surface area contributed by atoms with Crippen LogP contribution in [0, 0.1) is 0 Å². The van der Waals surface area contributed by atoms with E-state index < -0.39 is 0 Å². The zero-order chi connectivity index (χ0) is 13.3. The van der Waals surface area contributed by atoms with Crippen molar-refractivity contribution in [2.75, 3.05) is 30.8 Å². The first kappa shape index (κ1) is 13.1. The lowest BCUT2D eigenvalue weighted by atomic mass is 10.3. The lowest BCUT2D eigenvalue weighted by Crippen LogP contribution is -2.08. The molecule has 0 bridgehead atoms. The molecule has 19 heavy (non-hydrogen) atoms. The number of rotatable bonds is 7. The molecule has 2 N–H and O–H groups in total. The van der Waals surface area contributed by atoms with Crippen LogP contribution in [-0.2, 0) is 0 Å². The van der Waals surface area contributed by atoms with Crippen molar-refractivity contribution in [3.63, 3.8) is 0 Å². The standard InChI is InChI=1S/C14H18N4O/c1-15-13-10-14(18-11-17-13)16-8-5-9-19-12-6-3-2-4-7-12/h2-4,6-7,10-11H,5,8-9H2,1H3,(H2,15,16,17,18). The summed E-state index contributed by atoms with van der Waals surface area (Å²) in [6, 6.07) is 11.7. The fraction of sp³-hybridized carbons (Fsp3) is 0.286. The summed E-state index contributed by atoms with van der Waals surface area (Å²) in [6.07, 6.45) is 2.45. The molecule has 5 nitrogen and oxygen atoms in total. The Kier molecular flexibility index (Phi) is 4.98. The molecule has 1 aromatic heterocycles. The molecule has 0 unspecified atom stereocenters. The van der Waals surface area contributed by atoms with E-state index in [4.69, 9.17) is 4.74 Å². The molecule has 0 spiro atoms. The van der Waals surface area contributed by atoms with E-state index in [0.717, 1.165) is 30.4 Å². The second-order valence-corrected chi connectivity index (χ2v) is 3.98. The Labute approximate surface area is 113 Å². The molecule has 1 aromatic carbocycles. The van der Waals surface area contributed by atoms with Crippen LogP contribution < -0.4 is 15.4 Å². The lowest BCUT2D eigenvalue weighted by Gasteiger charge is -2.08. The van der Waals surface area contributed by atoms with E-state index in [9.17, 15) is 0 Å². The third kappa shape index (κ3) is 4.46. The monoisotopic (exact) mass is 258 g/mol. The highest BCUT2D eigenvalue weighted by Crippen LogP contribution is 2.09. The van der Waals surface area contributed by atoms with E-state index in [-0.39, 0.29) is 0 Å². The molecule has 0 fully saturated rings. The van der Waals surface area contributed by atoms with Gasteiger partial charge in [-0.15, -0.1) is 0 Å². The quantitative estimate of drug-likeness (QED) is 0.747. The van der Waals surface area contributed by atoms with Crippen LogP contribution >= 0.6 is 0 Å². The van der Waals surface area contributed by atoms with Crippen LogP contribution in [0.25, 0.3) is 0 Å². The van der Waals surface area contributed by atoms with Crippen LogP contribution in [0.15, 0.2) is 42.7 Å². The van der Waals surface area contributed by atoms with Crippen LogP contribution in [0.1, 0.15) is 6.42 Å². The van der Waals surface area contributed by atoms with Crippen LogP contribution in [0.4, 0.5) is 11.6 Å². The van der Waals surface area contributed by atoms with Gasteiger partial charge in [0.05, 0.1) is 6.61 Å². The summed E-state index contributed by atoms with van der Waals surface area (Å²) in [7, 11) is 1.83. The van der Waals surface area contributed by atoms with Crippen molar-refractivity contribution in [3.05, 3.63) is 42.7 Å². The summed E-state index contributed by atoms with van der Waals surface area (Å²) in [5, 5.41) is 6.21. The predicted octanol–water partition coefficient (Wildman–Crippen LogP) is 2.40. The van der Waals surface area contributed by atoms with Crippen LogP contribution in [0.2, 0.25) is 0 Å². The van der Waals surface area contributed by atoms with Gasteiger partial charge in [0.2, 0.25) is 0 Å². The maximum absolute atomic E-state index is 5.60. The minimum atomic E-state index is 0.682. The molecule has 100 valence electrons. The number of anilines is 2. The molecule has 0 radical (unpaired) electrons. The van der Waals surface area contributed by atoms with Gasteiger partial charge in [-0.2, -0.15) is 0 Å². The van der Waals surface area contributed by atoms with Gasteiger partial charge in [-0.05, 0) is 18.6 Å². The van der Waals surface area contributed by atoms with Crippen molar-refractivity contribution in [2.24, 2.45) is 0 Å². The highest BCUT2D eigenvalue weighted by atomic mass is 16.5. The molecule has 0 saturated heterocycles. The normalized spacial score (nSPS) is 9.95. The molecule has 0 saturated carbocycles. The molecule has 5 heteroatoms. The number of ether oxygens (including phenoxy) is 1. The van der Waals surface area contributed by atoms with Crippen LogP contribution in [0.5, 0.6) is 5.75 Å². The second-order valence-electron chi connectivity index (χ2n) is 3.98. The van der Waals surface area contributed by atoms with Gasteiger partial charge in [0.15, 0.2) is 0 Å². The molecular formula is C14H18N4O. The van der Waals surface area contributed by atoms with Gasteiger partial charge in [0, 0.05) is 19.7 Å². The number of nitrogens with zero attached hydrogens (tertiary/aromatic N) is 2. The van der Waals surface area contributed by atoms with Gasteiger partial charge in [-0.25, -0.2) is 9.97 Å². The van der Waals surface area contributed by atoms with Crippen molar-refractivity contribution < 1.29 is 4.74 Å². The summed E-state index contributed by atoms with van der Waals surface area (Å²) < 4.78 is 5.60. The van der Waals surface area contributed by atoms with Crippen molar-refractivity contribution in [1.82, 2.24) is 9.97 Å². The Balaban J connectivity index is 1.66. The number of para-hydroxylation sites is 1. The highest BCUT2D eigenvalue weighted by Gasteiger charge is 1.96. The third-order valence-electron chi connectivity index (χ3n) is 2.56. The smallest absolute Gasteiger partial charge is 0.131 e. The number of aromatic nitrogens is 2. The number of hydrogen-bond donors (Lipinski definition) is 2. The predicted molar refractivity (Wildman–Crippen MR) is 76.6 cm³/mol. The topological polar surface area (TPSA) is 59.1 Å².